The summed E-state index contributed by atoms with van der Waals surface area (Å²) in [4.78, 5) is 11.8. The summed E-state index contributed by atoms with van der Waals surface area (Å²) in [6.07, 6.45) is 1.79. The maximum absolute atomic E-state index is 11.8. The summed E-state index contributed by atoms with van der Waals surface area (Å²) in [5, 5.41) is 1.03. The summed E-state index contributed by atoms with van der Waals surface area (Å²) >= 11 is 10.1. The molecule has 0 saturated heterocycles. The fourth-order valence-electron chi connectivity index (χ4n) is 1.68. The highest BCUT2D eigenvalue weighted by molar-refractivity contribution is 7.81. The van der Waals surface area contributed by atoms with Gasteiger partial charge in [-0.25, -0.2) is 0 Å². The number of thiol groups is 1. The lowest BCUT2D eigenvalue weighted by molar-refractivity contribution is 0.0861. The first-order valence-electron chi connectivity index (χ1n) is 4.64. The van der Waals surface area contributed by atoms with Gasteiger partial charge in [0.2, 0.25) is 0 Å². The third-order valence-electron chi connectivity index (χ3n) is 2.59. The van der Waals surface area contributed by atoms with Gasteiger partial charge in [-0.15, -0.1) is 0 Å². The van der Waals surface area contributed by atoms with Crippen LogP contribution in [-0.4, -0.2) is 11.0 Å². The molecule has 14 heavy (non-hydrogen) atoms. The quantitative estimate of drug-likeness (QED) is 0.605. The molecule has 0 bridgehead atoms. The van der Waals surface area contributed by atoms with E-state index >= 15 is 0 Å². The third kappa shape index (κ3) is 1.96. The molecule has 0 spiro atoms. The largest absolute Gasteiger partial charge is 0.294 e. The zero-order chi connectivity index (χ0) is 10.1. The molecule has 1 aromatic rings. The van der Waals surface area contributed by atoms with Crippen molar-refractivity contribution in [2.75, 3.05) is 0 Å². The van der Waals surface area contributed by atoms with Crippen molar-refractivity contribution in [3.63, 3.8) is 0 Å². The van der Waals surface area contributed by atoms with Gasteiger partial charge in [-0.1, -0.05) is 23.7 Å². The van der Waals surface area contributed by atoms with E-state index in [9.17, 15) is 4.79 Å². The highest BCUT2D eigenvalue weighted by Gasteiger charge is 2.32. The number of hydrogen-bond acceptors (Lipinski definition) is 2. The minimum Gasteiger partial charge on any atom is -0.294 e. The van der Waals surface area contributed by atoms with E-state index in [4.69, 9.17) is 11.6 Å². The molecule has 1 aromatic carbocycles. The van der Waals surface area contributed by atoms with Crippen molar-refractivity contribution < 1.29 is 4.79 Å². The summed E-state index contributed by atoms with van der Waals surface area (Å²) in [6.45, 7) is 0. The van der Waals surface area contributed by atoms with Crippen LogP contribution in [0.15, 0.2) is 24.3 Å². The zero-order valence-corrected chi connectivity index (χ0v) is 9.26. The lowest BCUT2D eigenvalue weighted by Crippen LogP contribution is -2.31. The second-order valence-electron chi connectivity index (χ2n) is 3.70. The smallest absolute Gasteiger partial charge is 0.166 e. The Morgan fingerprint density at radius 2 is 2.14 bits per heavy atom. The van der Waals surface area contributed by atoms with Crippen LogP contribution in [0.3, 0.4) is 0 Å². The van der Waals surface area contributed by atoms with Crippen LogP contribution in [0.25, 0.3) is 0 Å². The van der Waals surface area contributed by atoms with Gasteiger partial charge in [-0.2, -0.15) is 12.6 Å². The molecule has 0 radical (unpaired) electrons. The summed E-state index contributed by atoms with van der Waals surface area (Å²) in [6, 6.07) is 7.14. The van der Waals surface area contributed by atoms with Crippen LogP contribution in [-0.2, 0) is 0 Å². The summed E-state index contributed by atoms with van der Waals surface area (Å²) in [7, 11) is 0. The molecule has 0 atom stereocenters. The fourth-order valence-corrected chi connectivity index (χ4v) is 2.38. The van der Waals surface area contributed by atoms with Gasteiger partial charge in [0.25, 0.3) is 0 Å². The van der Waals surface area contributed by atoms with Gasteiger partial charge < -0.3 is 0 Å². The fraction of sp³-hybridized carbons (Fsp3) is 0.364. The molecule has 0 N–H and O–H groups in total. The molecule has 1 aliphatic carbocycles. The Morgan fingerprint density at radius 1 is 1.43 bits per heavy atom. The molecule has 0 aliphatic heterocycles. The highest BCUT2D eigenvalue weighted by atomic mass is 35.5. The topological polar surface area (TPSA) is 17.1 Å². The van der Waals surface area contributed by atoms with E-state index in [-0.39, 0.29) is 11.7 Å². The van der Waals surface area contributed by atoms with Crippen LogP contribution in [0.4, 0.5) is 0 Å². The molecule has 1 nitrogen and oxygen atoms in total. The van der Waals surface area contributed by atoms with Crippen molar-refractivity contribution in [3.8, 4) is 0 Å². The van der Waals surface area contributed by atoms with Gasteiger partial charge in [0.1, 0.15) is 0 Å². The van der Waals surface area contributed by atoms with Crippen LogP contribution in [0.1, 0.15) is 23.2 Å². The minimum absolute atomic E-state index is 0.163. The van der Waals surface area contributed by atoms with Gasteiger partial charge in [-0.05, 0) is 25.0 Å². The van der Waals surface area contributed by atoms with E-state index in [0.717, 1.165) is 18.4 Å². The second-order valence-corrected chi connectivity index (χ2v) is 4.86. The lowest BCUT2D eigenvalue weighted by Gasteiger charge is -2.30. The first-order valence-corrected chi connectivity index (χ1v) is 5.54. The SMILES string of the molecule is O=C(c1cccc(Cl)c1)C1CC(S)C1. The Morgan fingerprint density at radius 3 is 2.71 bits per heavy atom. The summed E-state index contributed by atoms with van der Waals surface area (Å²) < 4.78 is 0. The number of ketones is 1. The molecule has 74 valence electrons. The first kappa shape index (κ1) is 10.1. The van der Waals surface area contributed by atoms with Crippen LogP contribution in [0.2, 0.25) is 5.02 Å². The van der Waals surface area contributed by atoms with Gasteiger partial charge in [-0.3, -0.25) is 4.79 Å². The van der Waals surface area contributed by atoms with E-state index in [1.54, 1.807) is 12.1 Å². The van der Waals surface area contributed by atoms with E-state index in [1.807, 2.05) is 12.1 Å². The van der Waals surface area contributed by atoms with Crippen molar-refractivity contribution >= 4 is 30.0 Å². The first-order chi connectivity index (χ1) is 6.66. The monoisotopic (exact) mass is 226 g/mol. The maximum atomic E-state index is 11.8. The number of carbonyl (C=O) groups is 1. The minimum atomic E-state index is 0.163. The molecular weight excluding hydrogens is 216 g/mol. The molecule has 1 fully saturated rings. The Balaban J connectivity index is 2.12. The van der Waals surface area contributed by atoms with Crippen LogP contribution in [0.5, 0.6) is 0 Å². The van der Waals surface area contributed by atoms with E-state index in [2.05, 4.69) is 12.6 Å². The molecule has 0 amide bonds. The number of benzene rings is 1. The Labute approximate surface area is 93.9 Å². The molecule has 0 unspecified atom stereocenters. The van der Waals surface area contributed by atoms with Gasteiger partial charge in [0, 0.05) is 21.8 Å². The third-order valence-corrected chi connectivity index (χ3v) is 3.25. The molecular formula is C11H11ClOS. The predicted molar refractivity (Wildman–Crippen MR) is 61.3 cm³/mol. The van der Waals surface area contributed by atoms with E-state index in [1.165, 1.54) is 0 Å². The molecule has 0 aromatic heterocycles. The lowest BCUT2D eigenvalue weighted by atomic mass is 9.79. The predicted octanol–water partition coefficient (Wildman–Crippen LogP) is 3.23. The number of hydrogen-bond donors (Lipinski definition) is 1. The van der Waals surface area contributed by atoms with Gasteiger partial charge >= 0.3 is 0 Å². The van der Waals surface area contributed by atoms with Gasteiger partial charge in [0.05, 0.1) is 0 Å². The van der Waals surface area contributed by atoms with Crippen LogP contribution in [0, 0.1) is 5.92 Å². The van der Waals surface area contributed by atoms with Gasteiger partial charge in [0.15, 0.2) is 5.78 Å². The Kier molecular flexibility index (Phi) is 2.84. The number of Topliss-reactive ketones (excluding diaryl/α,β-unsaturated/α-hetero) is 1. The highest BCUT2D eigenvalue weighted by Crippen LogP contribution is 2.34. The number of carbonyl (C=O) groups excluding carboxylic acids is 1. The molecule has 1 aliphatic rings. The average molecular weight is 227 g/mol. The van der Waals surface area contributed by atoms with Crippen molar-refractivity contribution in [2.24, 2.45) is 5.92 Å². The Hall–Kier alpha value is -0.470. The van der Waals surface area contributed by atoms with Crippen molar-refractivity contribution in [1.82, 2.24) is 0 Å². The summed E-state index contributed by atoms with van der Waals surface area (Å²) in [5.41, 5.74) is 0.725. The molecule has 0 heterocycles. The number of rotatable bonds is 2. The number of halogens is 1. The maximum Gasteiger partial charge on any atom is 0.166 e. The average Bonchev–Trinajstić information content (AvgIpc) is 2.12. The second kappa shape index (κ2) is 3.95. The Bertz CT molecular complexity index is 358. The standard InChI is InChI=1S/C11H11ClOS/c12-9-3-1-2-7(4-9)11(13)8-5-10(14)6-8/h1-4,8,10,14H,5-6H2. The van der Waals surface area contributed by atoms with Crippen molar-refractivity contribution in [2.45, 2.75) is 18.1 Å². The molecule has 2 rings (SSSR count). The summed E-state index contributed by atoms with van der Waals surface area (Å²) in [5.74, 6) is 0.369. The van der Waals surface area contributed by atoms with E-state index < -0.39 is 0 Å². The van der Waals surface area contributed by atoms with Crippen LogP contribution >= 0.6 is 24.2 Å². The van der Waals surface area contributed by atoms with Crippen molar-refractivity contribution in [3.05, 3.63) is 34.9 Å². The molecule has 3 heteroatoms. The molecule has 1 saturated carbocycles. The van der Waals surface area contributed by atoms with Crippen LogP contribution < -0.4 is 0 Å². The van der Waals surface area contributed by atoms with E-state index in [0.29, 0.717) is 10.3 Å². The normalized spacial score (nSPS) is 25.6. The van der Waals surface area contributed by atoms with Crippen molar-refractivity contribution in [1.29, 1.82) is 0 Å². The zero-order valence-electron chi connectivity index (χ0n) is 7.61.